The molecule has 0 aromatic heterocycles. The van der Waals surface area contributed by atoms with Gasteiger partial charge in [-0.1, -0.05) is 17.7 Å². The molecule has 0 saturated heterocycles. The first-order chi connectivity index (χ1) is 15.8. The normalized spacial score (nSPS) is 12.3. The lowest BCUT2D eigenvalue weighted by Crippen LogP contribution is -2.31. The molecule has 3 aromatic carbocycles. The van der Waals surface area contributed by atoms with Gasteiger partial charge in [0.25, 0.3) is 15.9 Å². The third kappa shape index (κ3) is 4.64. The molecule has 3 aromatic rings. The SMILES string of the molecule is C=CCN(c1ccc(F)cc1)S(=O)(=O)c1cc(C(=O)Nc2ccc3c(c2)OCO3)ccc1Cl. The summed E-state index contributed by atoms with van der Waals surface area (Å²) in [6.45, 7) is 3.61. The van der Waals surface area contributed by atoms with Crippen LogP contribution in [0.25, 0.3) is 0 Å². The molecular formula is C23H18ClFN2O5S. The monoisotopic (exact) mass is 488 g/mol. The molecular weight excluding hydrogens is 471 g/mol. The fourth-order valence-electron chi connectivity index (χ4n) is 3.21. The van der Waals surface area contributed by atoms with Crippen molar-refractivity contribution in [1.82, 2.24) is 0 Å². The minimum Gasteiger partial charge on any atom is -0.454 e. The fourth-order valence-corrected chi connectivity index (χ4v) is 5.14. The second kappa shape index (κ2) is 9.13. The Balaban J connectivity index is 1.65. The lowest BCUT2D eigenvalue weighted by Gasteiger charge is -2.24. The highest BCUT2D eigenvalue weighted by Crippen LogP contribution is 2.35. The summed E-state index contributed by atoms with van der Waals surface area (Å²) in [5, 5.41) is 2.63. The molecule has 10 heteroatoms. The average Bonchev–Trinajstić information content (AvgIpc) is 3.26. The van der Waals surface area contributed by atoms with Gasteiger partial charge in [-0.25, -0.2) is 12.8 Å². The summed E-state index contributed by atoms with van der Waals surface area (Å²) < 4.78 is 51.8. The first-order valence-corrected chi connectivity index (χ1v) is 11.5. The van der Waals surface area contributed by atoms with Gasteiger partial charge in [0.05, 0.1) is 17.3 Å². The molecule has 1 amide bonds. The van der Waals surface area contributed by atoms with Crippen LogP contribution in [0.1, 0.15) is 10.4 Å². The van der Waals surface area contributed by atoms with Gasteiger partial charge in [-0.15, -0.1) is 6.58 Å². The Kier molecular flexibility index (Phi) is 6.26. The second-order valence-electron chi connectivity index (χ2n) is 6.97. The van der Waals surface area contributed by atoms with Crippen LogP contribution in [0.15, 0.2) is 78.2 Å². The third-order valence-corrected chi connectivity index (χ3v) is 7.08. The van der Waals surface area contributed by atoms with E-state index in [4.69, 9.17) is 21.1 Å². The fraction of sp³-hybridized carbons (Fsp3) is 0.0870. The average molecular weight is 489 g/mol. The molecule has 4 rings (SSSR count). The number of carbonyl (C=O) groups is 1. The van der Waals surface area contributed by atoms with Crippen molar-refractivity contribution in [3.63, 3.8) is 0 Å². The number of amides is 1. The molecule has 170 valence electrons. The number of ether oxygens (including phenoxy) is 2. The number of halogens is 2. The quantitative estimate of drug-likeness (QED) is 0.481. The maximum atomic E-state index is 13.4. The van der Waals surface area contributed by atoms with Crippen LogP contribution in [0.5, 0.6) is 11.5 Å². The minimum absolute atomic E-state index is 0.0641. The highest BCUT2D eigenvalue weighted by molar-refractivity contribution is 7.93. The van der Waals surface area contributed by atoms with Crippen LogP contribution in [-0.2, 0) is 10.0 Å². The van der Waals surface area contributed by atoms with E-state index in [-0.39, 0.29) is 34.5 Å². The molecule has 0 fully saturated rings. The number of nitrogens with one attached hydrogen (secondary N) is 1. The number of benzene rings is 3. The zero-order valence-corrected chi connectivity index (χ0v) is 18.7. The van der Waals surface area contributed by atoms with E-state index in [1.165, 1.54) is 36.4 Å². The molecule has 0 unspecified atom stereocenters. The summed E-state index contributed by atoms with van der Waals surface area (Å²) in [5.41, 5.74) is 0.749. The van der Waals surface area contributed by atoms with E-state index in [0.717, 1.165) is 16.4 Å². The van der Waals surface area contributed by atoms with Crippen LogP contribution in [0, 0.1) is 5.82 Å². The molecule has 1 heterocycles. The Labute approximate surface area is 195 Å². The van der Waals surface area contributed by atoms with E-state index < -0.39 is 21.7 Å². The number of nitrogens with zero attached hydrogens (tertiary/aromatic N) is 1. The Morgan fingerprint density at radius 1 is 1.09 bits per heavy atom. The van der Waals surface area contributed by atoms with Crippen LogP contribution in [0.3, 0.4) is 0 Å². The number of carbonyl (C=O) groups excluding carboxylic acids is 1. The lowest BCUT2D eigenvalue weighted by molar-refractivity contribution is 0.102. The van der Waals surface area contributed by atoms with Crippen LogP contribution in [-0.4, -0.2) is 27.7 Å². The van der Waals surface area contributed by atoms with Crippen LogP contribution in [0.2, 0.25) is 5.02 Å². The molecule has 1 aliphatic heterocycles. The van der Waals surface area contributed by atoms with E-state index in [1.54, 1.807) is 18.2 Å². The smallest absolute Gasteiger partial charge is 0.266 e. The van der Waals surface area contributed by atoms with Gasteiger partial charge in [-0.3, -0.25) is 9.10 Å². The number of sulfonamides is 1. The summed E-state index contributed by atoms with van der Waals surface area (Å²) in [7, 11) is -4.21. The lowest BCUT2D eigenvalue weighted by atomic mass is 10.2. The van der Waals surface area contributed by atoms with Crippen LogP contribution in [0.4, 0.5) is 15.8 Å². The van der Waals surface area contributed by atoms with Crippen LogP contribution >= 0.6 is 11.6 Å². The van der Waals surface area contributed by atoms with Crippen molar-refractivity contribution in [2.75, 3.05) is 23.0 Å². The van der Waals surface area contributed by atoms with Crippen molar-refractivity contribution in [2.24, 2.45) is 0 Å². The first kappa shape index (κ1) is 22.6. The number of hydrogen-bond donors (Lipinski definition) is 1. The standard InChI is InChI=1S/C23H18ClFN2O5S/c1-2-11-27(18-7-4-16(25)5-8-18)33(29,30)22-12-15(3-9-19(22)24)23(28)26-17-6-10-20-21(13-17)32-14-31-20/h2-10,12-13H,1,11,14H2,(H,26,28). The van der Waals surface area contributed by atoms with Gasteiger partial charge in [-0.05, 0) is 54.6 Å². The highest BCUT2D eigenvalue weighted by Gasteiger charge is 2.28. The van der Waals surface area contributed by atoms with E-state index >= 15 is 0 Å². The Hall–Kier alpha value is -3.56. The maximum Gasteiger partial charge on any atom is 0.266 e. The molecule has 1 aliphatic rings. The number of anilines is 2. The Bertz CT molecular complexity index is 1330. The molecule has 0 spiro atoms. The predicted molar refractivity (Wildman–Crippen MR) is 123 cm³/mol. The number of hydrogen-bond acceptors (Lipinski definition) is 5. The molecule has 7 nitrogen and oxygen atoms in total. The largest absolute Gasteiger partial charge is 0.454 e. The predicted octanol–water partition coefficient (Wildman–Crippen LogP) is 4.84. The van der Waals surface area contributed by atoms with Crippen LogP contribution < -0.4 is 19.1 Å². The van der Waals surface area contributed by atoms with Gasteiger partial charge in [0.2, 0.25) is 6.79 Å². The van der Waals surface area contributed by atoms with Gasteiger partial charge in [0, 0.05) is 17.3 Å². The van der Waals surface area contributed by atoms with Gasteiger partial charge >= 0.3 is 0 Å². The van der Waals surface area contributed by atoms with Crippen molar-refractivity contribution in [1.29, 1.82) is 0 Å². The minimum atomic E-state index is -4.21. The summed E-state index contributed by atoms with van der Waals surface area (Å²) in [5.74, 6) is 0.0106. The van der Waals surface area contributed by atoms with Gasteiger partial charge < -0.3 is 14.8 Å². The number of fused-ring (bicyclic) bond motifs is 1. The van der Waals surface area contributed by atoms with Crippen molar-refractivity contribution in [3.8, 4) is 11.5 Å². The van der Waals surface area contributed by atoms with Gasteiger partial charge in [0.15, 0.2) is 11.5 Å². The molecule has 0 saturated carbocycles. The zero-order chi connectivity index (χ0) is 23.6. The van der Waals surface area contributed by atoms with Crippen molar-refractivity contribution >= 4 is 38.9 Å². The molecule has 0 bridgehead atoms. The van der Waals surface area contributed by atoms with Crippen molar-refractivity contribution in [3.05, 3.63) is 89.7 Å². The Morgan fingerprint density at radius 2 is 1.82 bits per heavy atom. The molecule has 0 atom stereocenters. The summed E-state index contributed by atoms with van der Waals surface area (Å²) in [4.78, 5) is 12.5. The molecule has 33 heavy (non-hydrogen) atoms. The van der Waals surface area contributed by atoms with Crippen molar-refractivity contribution in [2.45, 2.75) is 4.90 Å². The first-order valence-electron chi connectivity index (χ1n) is 9.69. The van der Waals surface area contributed by atoms with Gasteiger partial charge in [-0.2, -0.15) is 0 Å². The molecule has 1 N–H and O–H groups in total. The topological polar surface area (TPSA) is 84.9 Å². The third-order valence-electron chi connectivity index (χ3n) is 4.80. The van der Waals surface area contributed by atoms with E-state index in [2.05, 4.69) is 11.9 Å². The summed E-state index contributed by atoms with van der Waals surface area (Å²) in [6, 6.07) is 13.8. The summed E-state index contributed by atoms with van der Waals surface area (Å²) in [6.07, 6.45) is 1.39. The summed E-state index contributed by atoms with van der Waals surface area (Å²) >= 11 is 6.21. The molecule has 0 radical (unpaired) electrons. The Morgan fingerprint density at radius 3 is 2.55 bits per heavy atom. The second-order valence-corrected chi connectivity index (χ2v) is 9.21. The zero-order valence-electron chi connectivity index (χ0n) is 17.1. The maximum absolute atomic E-state index is 13.4. The van der Waals surface area contributed by atoms with Crippen molar-refractivity contribution < 1.29 is 27.1 Å². The number of rotatable bonds is 7. The highest BCUT2D eigenvalue weighted by atomic mass is 35.5. The van der Waals surface area contributed by atoms with E-state index in [1.807, 2.05) is 0 Å². The van der Waals surface area contributed by atoms with E-state index in [9.17, 15) is 17.6 Å². The van der Waals surface area contributed by atoms with Gasteiger partial charge in [0.1, 0.15) is 10.7 Å². The van der Waals surface area contributed by atoms with E-state index in [0.29, 0.717) is 17.2 Å². The molecule has 0 aliphatic carbocycles.